The van der Waals surface area contributed by atoms with E-state index in [0.717, 1.165) is 0 Å². The molecule has 0 bridgehead atoms. The van der Waals surface area contributed by atoms with Gasteiger partial charge in [0.25, 0.3) is 0 Å². The molecular weight excluding hydrogens is 291 g/mol. The summed E-state index contributed by atoms with van der Waals surface area (Å²) in [6, 6.07) is 0. The van der Waals surface area contributed by atoms with E-state index in [1.807, 2.05) is 12.9 Å². The highest BCUT2D eigenvalue weighted by atomic mass is 16.7. The first-order valence-corrected chi connectivity index (χ1v) is 8.58. The van der Waals surface area contributed by atoms with E-state index in [2.05, 4.69) is 54.5 Å². The van der Waals surface area contributed by atoms with E-state index in [9.17, 15) is 4.79 Å². The first-order chi connectivity index (χ1) is 10.4. The average Bonchev–Trinajstić information content (AvgIpc) is 2.61. The van der Waals surface area contributed by atoms with Crippen molar-refractivity contribution in [3.8, 4) is 0 Å². The predicted octanol–water partition coefficient (Wildman–Crippen LogP) is 4.03. The smallest absolute Gasteiger partial charge is 0.463 e. The summed E-state index contributed by atoms with van der Waals surface area (Å²) in [5, 5.41) is 0. The Morgan fingerprint density at radius 2 is 1.48 bits per heavy atom. The van der Waals surface area contributed by atoms with E-state index in [-0.39, 0.29) is 36.3 Å². The van der Waals surface area contributed by atoms with Gasteiger partial charge in [-0.3, -0.25) is 4.79 Å². The standard InChI is InChI=1S/C18H33BO4/c1-12(13(2)14(3)15(4)21-16(5)20)10-11-19-22-17(6,7)18(8,9)23-19/h10-15H,1-9H3/b11-10+/t12-,13+,14+,15-/m0/s1. The molecule has 1 saturated heterocycles. The van der Waals surface area contributed by atoms with Crippen molar-refractivity contribution < 1.29 is 18.8 Å². The first kappa shape index (κ1) is 20.2. The molecule has 0 saturated carbocycles. The Morgan fingerprint density at radius 3 is 1.91 bits per heavy atom. The molecule has 132 valence electrons. The molecule has 5 heteroatoms. The van der Waals surface area contributed by atoms with Crippen LogP contribution in [-0.4, -0.2) is 30.4 Å². The van der Waals surface area contributed by atoms with Crippen LogP contribution < -0.4 is 0 Å². The molecule has 0 unspecified atom stereocenters. The molecule has 1 aliphatic rings. The molecular formula is C18H33BO4. The van der Waals surface area contributed by atoms with Gasteiger partial charge in [-0.25, -0.2) is 0 Å². The summed E-state index contributed by atoms with van der Waals surface area (Å²) in [4.78, 5) is 11.1. The van der Waals surface area contributed by atoms with Crippen molar-refractivity contribution in [1.82, 2.24) is 0 Å². The van der Waals surface area contributed by atoms with Crippen LogP contribution in [0.2, 0.25) is 0 Å². The largest absolute Gasteiger partial charge is 0.486 e. The zero-order valence-electron chi connectivity index (χ0n) is 16.2. The number of carbonyl (C=O) groups excluding carboxylic acids is 1. The molecule has 1 rings (SSSR count). The maximum absolute atomic E-state index is 11.1. The van der Waals surface area contributed by atoms with Gasteiger partial charge < -0.3 is 14.0 Å². The highest BCUT2D eigenvalue weighted by Gasteiger charge is 2.50. The molecule has 23 heavy (non-hydrogen) atoms. The van der Waals surface area contributed by atoms with E-state index < -0.39 is 0 Å². The minimum absolute atomic E-state index is 0.0878. The van der Waals surface area contributed by atoms with Crippen molar-refractivity contribution in [2.45, 2.75) is 79.6 Å². The fourth-order valence-corrected chi connectivity index (χ4v) is 2.68. The van der Waals surface area contributed by atoms with Gasteiger partial charge in [0.1, 0.15) is 6.10 Å². The summed E-state index contributed by atoms with van der Waals surface area (Å²) in [6.45, 7) is 18.1. The van der Waals surface area contributed by atoms with Gasteiger partial charge in [-0.1, -0.05) is 32.8 Å². The van der Waals surface area contributed by atoms with E-state index in [1.54, 1.807) is 0 Å². The number of esters is 1. The highest BCUT2D eigenvalue weighted by molar-refractivity contribution is 6.51. The molecule has 1 fully saturated rings. The molecule has 1 aliphatic heterocycles. The average molecular weight is 324 g/mol. The lowest BCUT2D eigenvalue weighted by molar-refractivity contribution is -0.148. The van der Waals surface area contributed by atoms with E-state index in [0.29, 0.717) is 11.8 Å². The van der Waals surface area contributed by atoms with E-state index in [1.165, 1.54) is 6.92 Å². The number of carbonyl (C=O) groups is 1. The van der Waals surface area contributed by atoms with Crippen molar-refractivity contribution in [3.05, 3.63) is 12.1 Å². The minimum Gasteiger partial charge on any atom is -0.463 e. The zero-order valence-corrected chi connectivity index (χ0v) is 16.2. The van der Waals surface area contributed by atoms with Crippen molar-refractivity contribution in [2.75, 3.05) is 0 Å². The molecule has 0 aromatic carbocycles. The van der Waals surface area contributed by atoms with Crippen LogP contribution in [0.5, 0.6) is 0 Å². The Kier molecular flexibility index (Phi) is 6.51. The molecule has 4 atom stereocenters. The second-order valence-corrected chi connectivity index (χ2v) is 7.90. The number of ether oxygens (including phenoxy) is 1. The summed E-state index contributed by atoms with van der Waals surface area (Å²) in [6.07, 6.45) is 2.05. The number of hydrogen-bond donors (Lipinski definition) is 0. The third-order valence-electron chi connectivity index (χ3n) is 5.59. The Morgan fingerprint density at radius 1 is 1.00 bits per heavy atom. The van der Waals surface area contributed by atoms with Crippen LogP contribution in [0.1, 0.15) is 62.3 Å². The van der Waals surface area contributed by atoms with Crippen LogP contribution in [0.25, 0.3) is 0 Å². The SMILES string of the molecule is CC(=O)O[C@@H](C)[C@H](C)[C@H](C)[C@@H](C)/C=C/B1OC(C)(C)C(C)(C)O1. The van der Waals surface area contributed by atoms with Crippen LogP contribution in [0.4, 0.5) is 0 Å². The Labute approximate surface area is 142 Å². The summed E-state index contributed by atoms with van der Waals surface area (Å²) >= 11 is 0. The molecule has 0 amide bonds. The number of allylic oxidation sites excluding steroid dienone is 1. The van der Waals surface area contributed by atoms with Crippen LogP contribution in [0.3, 0.4) is 0 Å². The first-order valence-electron chi connectivity index (χ1n) is 8.58. The van der Waals surface area contributed by atoms with Crippen molar-refractivity contribution in [3.63, 3.8) is 0 Å². The van der Waals surface area contributed by atoms with Gasteiger partial charge in [0.15, 0.2) is 0 Å². The van der Waals surface area contributed by atoms with Crippen molar-refractivity contribution in [2.24, 2.45) is 17.8 Å². The lowest BCUT2D eigenvalue weighted by Crippen LogP contribution is -2.41. The van der Waals surface area contributed by atoms with Gasteiger partial charge in [-0.2, -0.15) is 0 Å². The van der Waals surface area contributed by atoms with Crippen LogP contribution in [0, 0.1) is 17.8 Å². The van der Waals surface area contributed by atoms with Gasteiger partial charge in [-0.05, 0) is 52.4 Å². The number of hydrogen-bond acceptors (Lipinski definition) is 4. The van der Waals surface area contributed by atoms with Gasteiger partial charge in [0.05, 0.1) is 11.2 Å². The minimum atomic E-state index is -0.312. The zero-order chi connectivity index (χ0) is 18.0. The normalized spacial score (nSPS) is 25.2. The molecule has 0 aromatic heterocycles. The van der Waals surface area contributed by atoms with Gasteiger partial charge in [-0.15, -0.1) is 0 Å². The van der Waals surface area contributed by atoms with Crippen LogP contribution in [-0.2, 0) is 18.8 Å². The summed E-state index contributed by atoms with van der Waals surface area (Å²) in [5.41, 5.74) is -0.623. The lowest BCUT2D eigenvalue weighted by atomic mass is 9.79. The molecule has 0 radical (unpaired) electrons. The van der Waals surface area contributed by atoms with Crippen molar-refractivity contribution in [1.29, 1.82) is 0 Å². The number of rotatable bonds is 6. The maximum atomic E-state index is 11.1. The third-order valence-corrected chi connectivity index (χ3v) is 5.59. The van der Waals surface area contributed by atoms with Gasteiger partial charge in [0, 0.05) is 6.92 Å². The third kappa shape index (κ3) is 5.08. The predicted molar refractivity (Wildman–Crippen MR) is 93.9 cm³/mol. The van der Waals surface area contributed by atoms with Gasteiger partial charge in [0.2, 0.25) is 0 Å². The molecule has 4 nitrogen and oxygen atoms in total. The Hall–Kier alpha value is -0.805. The highest BCUT2D eigenvalue weighted by Crippen LogP contribution is 2.37. The molecule has 0 spiro atoms. The molecule has 0 aromatic rings. The van der Waals surface area contributed by atoms with Gasteiger partial charge >= 0.3 is 13.1 Å². The molecule has 0 aliphatic carbocycles. The van der Waals surface area contributed by atoms with Crippen molar-refractivity contribution >= 4 is 13.1 Å². The summed E-state index contributed by atoms with van der Waals surface area (Å²) < 4.78 is 17.3. The molecule has 1 heterocycles. The summed E-state index contributed by atoms with van der Waals surface area (Å²) in [5.74, 6) is 2.76. The lowest BCUT2D eigenvalue weighted by Gasteiger charge is -2.32. The Bertz CT molecular complexity index is 428. The monoisotopic (exact) mass is 324 g/mol. The Balaban J connectivity index is 2.62. The second kappa shape index (κ2) is 7.39. The topological polar surface area (TPSA) is 44.8 Å². The maximum Gasteiger partial charge on any atom is 0.486 e. The summed E-state index contributed by atoms with van der Waals surface area (Å²) in [7, 11) is -0.309. The van der Waals surface area contributed by atoms with E-state index in [4.69, 9.17) is 14.0 Å². The quantitative estimate of drug-likeness (QED) is 0.546. The fraction of sp³-hybridized carbons (Fsp3) is 0.833. The molecule has 0 N–H and O–H groups in total. The fourth-order valence-electron chi connectivity index (χ4n) is 2.68. The van der Waals surface area contributed by atoms with Crippen LogP contribution >= 0.6 is 0 Å². The van der Waals surface area contributed by atoms with Crippen LogP contribution in [0.15, 0.2) is 12.1 Å². The second-order valence-electron chi connectivity index (χ2n) is 7.90. The van der Waals surface area contributed by atoms with E-state index >= 15 is 0 Å².